The van der Waals surface area contributed by atoms with Crippen LogP contribution in [0.4, 0.5) is 0 Å². The first-order valence-corrected chi connectivity index (χ1v) is 2.85. The Hall–Kier alpha value is -0.160. The van der Waals surface area contributed by atoms with Gasteiger partial charge in [0.1, 0.15) is 0 Å². The van der Waals surface area contributed by atoms with E-state index in [1.54, 1.807) is 7.11 Å². The minimum absolute atomic E-state index is 0.462. The fraction of sp³-hybridized carbons (Fsp3) is 1.00. The van der Waals surface area contributed by atoms with Crippen molar-refractivity contribution in [3.8, 4) is 0 Å². The Morgan fingerprint density at radius 3 is 2.67 bits per heavy atom. The van der Waals surface area contributed by atoms with Gasteiger partial charge in [-0.1, -0.05) is 0 Å². The van der Waals surface area contributed by atoms with E-state index in [1.807, 2.05) is 5.48 Å². The topological polar surface area (TPSA) is 50.7 Å². The van der Waals surface area contributed by atoms with E-state index in [0.717, 1.165) is 0 Å². The van der Waals surface area contributed by atoms with Crippen LogP contribution in [0, 0.1) is 0 Å². The number of nitrogens with one attached hydrogen (secondary N) is 1. The molecule has 0 rings (SSSR count). The highest BCUT2D eigenvalue weighted by molar-refractivity contribution is 4.31. The lowest BCUT2D eigenvalue weighted by atomic mass is 10.7. The van der Waals surface area contributed by atoms with Crippen LogP contribution in [-0.2, 0) is 9.47 Å². The van der Waals surface area contributed by atoms with Crippen LogP contribution < -0.4 is 5.48 Å². The van der Waals surface area contributed by atoms with Crippen molar-refractivity contribution in [1.29, 1.82) is 0 Å². The predicted molar refractivity (Wildman–Crippen MR) is 32.5 cm³/mol. The molecule has 4 nitrogen and oxygen atoms in total. The molecule has 0 fully saturated rings. The molecule has 0 spiro atoms. The quantitative estimate of drug-likeness (QED) is 0.385. The molecule has 0 aliphatic heterocycles. The number of methoxy groups -OCH3 is 1. The Bertz CT molecular complexity index is 45.5. The van der Waals surface area contributed by atoms with Gasteiger partial charge in [0.25, 0.3) is 0 Å². The summed E-state index contributed by atoms with van der Waals surface area (Å²) in [6.07, 6.45) is 0. The number of ether oxygens (including phenoxy) is 2. The third-order valence-electron chi connectivity index (χ3n) is 0.790. The smallest absolute Gasteiger partial charge is 0.0700 e. The molecule has 0 atom stereocenters. The van der Waals surface area contributed by atoms with Gasteiger partial charge in [-0.25, -0.2) is 5.48 Å². The van der Waals surface area contributed by atoms with E-state index < -0.39 is 0 Å². The highest BCUT2D eigenvalue weighted by atomic mass is 16.5. The summed E-state index contributed by atoms with van der Waals surface area (Å²) >= 11 is 0. The molecule has 0 aromatic carbocycles. The van der Waals surface area contributed by atoms with E-state index in [0.29, 0.717) is 26.4 Å². The Balaban J connectivity index is 2.60. The van der Waals surface area contributed by atoms with Crippen LogP contribution in [0.3, 0.4) is 0 Å². The Labute approximate surface area is 54.7 Å². The first-order valence-electron chi connectivity index (χ1n) is 2.85. The molecule has 0 unspecified atom stereocenters. The predicted octanol–water partition coefficient (Wildman–Crippen LogP) is -0.372. The van der Waals surface area contributed by atoms with Crippen molar-refractivity contribution < 1.29 is 14.7 Å². The summed E-state index contributed by atoms with van der Waals surface area (Å²) in [5, 5.41) is 8.06. The van der Waals surface area contributed by atoms with Gasteiger partial charge in [0.2, 0.25) is 0 Å². The van der Waals surface area contributed by atoms with E-state index in [9.17, 15) is 0 Å². The highest BCUT2D eigenvalue weighted by Gasteiger charge is 1.84. The van der Waals surface area contributed by atoms with Gasteiger partial charge in [-0.05, 0) is 0 Å². The van der Waals surface area contributed by atoms with Crippen molar-refractivity contribution >= 4 is 0 Å². The van der Waals surface area contributed by atoms with Gasteiger partial charge in [-0.15, -0.1) is 0 Å². The summed E-state index contributed by atoms with van der Waals surface area (Å²) in [7, 11) is 1.62. The average molecular weight is 135 g/mol. The van der Waals surface area contributed by atoms with Crippen molar-refractivity contribution in [2.24, 2.45) is 0 Å². The van der Waals surface area contributed by atoms with E-state index in [-0.39, 0.29) is 0 Å². The van der Waals surface area contributed by atoms with Crippen molar-refractivity contribution in [3.63, 3.8) is 0 Å². The molecule has 0 saturated carbocycles. The molecular formula is C5H13NO3. The number of hydroxylamine groups is 1. The van der Waals surface area contributed by atoms with E-state index >= 15 is 0 Å². The molecule has 56 valence electrons. The van der Waals surface area contributed by atoms with Crippen LogP contribution >= 0.6 is 0 Å². The molecular weight excluding hydrogens is 122 g/mol. The molecule has 0 bridgehead atoms. The third-order valence-corrected chi connectivity index (χ3v) is 0.790. The number of hydrogen-bond acceptors (Lipinski definition) is 4. The molecule has 4 heteroatoms. The van der Waals surface area contributed by atoms with Crippen LogP contribution in [0.5, 0.6) is 0 Å². The van der Waals surface area contributed by atoms with Gasteiger partial charge in [-0.2, -0.15) is 0 Å². The lowest BCUT2D eigenvalue weighted by Gasteiger charge is -2.00. The summed E-state index contributed by atoms with van der Waals surface area (Å²) in [4.78, 5) is 0. The molecule has 0 radical (unpaired) electrons. The minimum atomic E-state index is 0.462. The SMILES string of the molecule is COCCOCCNO. The van der Waals surface area contributed by atoms with Crippen LogP contribution in [0.2, 0.25) is 0 Å². The average Bonchev–Trinajstić information content (AvgIpc) is 1.89. The normalized spacial score (nSPS) is 10.0. The molecule has 0 amide bonds. The lowest BCUT2D eigenvalue weighted by Crippen LogP contribution is -2.16. The Kier molecular flexibility index (Phi) is 7.70. The zero-order chi connectivity index (χ0) is 6.95. The minimum Gasteiger partial charge on any atom is -0.382 e. The van der Waals surface area contributed by atoms with Gasteiger partial charge < -0.3 is 14.7 Å². The summed E-state index contributed by atoms with van der Waals surface area (Å²) in [6.45, 7) is 2.16. The summed E-state index contributed by atoms with van der Waals surface area (Å²) in [6, 6.07) is 0. The molecule has 0 aliphatic carbocycles. The van der Waals surface area contributed by atoms with E-state index in [4.69, 9.17) is 14.7 Å². The molecule has 0 aromatic heterocycles. The largest absolute Gasteiger partial charge is 0.382 e. The fourth-order valence-corrected chi connectivity index (χ4v) is 0.362. The van der Waals surface area contributed by atoms with Crippen LogP contribution in [0.15, 0.2) is 0 Å². The molecule has 0 aliphatic rings. The Morgan fingerprint density at radius 2 is 2.11 bits per heavy atom. The van der Waals surface area contributed by atoms with Crippen molar-refractivity contribution in [2.45, 2.75) is 0 Å². The van der Waals surface area contributed by atoms with Crippen LogP contribution in [0.1, 0.15) is 0 Å². The number of rotatable bonds is 6. The van der Waals surface area contributed by atoms with E-state index in [2.05, 4.69) is 0 Å². The first kappa shape index (κ1) is 8.84. The van der Waals surface area contributed by atoms with Crippen LogP contribution in [0.25, 0.3) is 0 Å². The third kappa shape index (κ3) is 7.84. The van der Waals surface area contributed by atoms with E-state index in [1.165, 1.54) is 0 Å². The maximum atomic E-state index is 8.06. The lowest BCUT2D eigenvalue weighted by molar-refractivity contribution is 0.0538. The van der Waals surface area contributed by atoms with Gasteiger partial charge in [-0.3, -0.25) is 0 Å². The highest BCUT2D eigenvalue weighted by Crippen LogP contribution is 1.72. The Morgan fingerprint density at radius 1 is 1.33 bits per heavy atom. The molecule has 0 saturated heterocycles. The monoisotopic (exact) mass is 135 g/mol. The molecule has 2 N–H and O–H groups in total. The van der Waals surface area contributed by atoms with Gasteiger partial charge in [0.15, 0.2) is 0 Å². The summed E-state index contributed by atoms with van der Waals surface area (Å²) in [5.74, 6) is 0. The summed E-state index contributed by atoms with van der Waals surface area (Å²) < 4.78 is 9.68. The fourth-order valence-electron chi connectivity index (χ4n) is 0.362. The zero-order valence-electron chi connectivity index (χ0n) is 5.59. The second kappa shape index (κ2) is 7.84. The van der Waals surface area contributed by atoms with Gasteiger partial charge in [0, 0.05) is 13.7 Å². The zero-order valence-corrected chi connectivity index (χ0v) is 5.59. The maximum absolute atomic E-state index is 8.06. The standard InChI is InChI=1S/C5H13NO3/c1-8-4-5-9-3-2-6-7/h6-7H,2-5H2,1H3. The van der Waals surface area contributed by atoms with Crippen molar-refractivity contribution in [2.75, 3.05) is 33.5 Å². The first-order chi connectivity index (χ1) is 4.41. The van der Waals surface area contributed by atoms with Gasteiger partial charge >= 0.3 is 0 Å². The number of hydrogen-bond donors (Lipinski definition) is 2. The second-order valence-corrected chi connectivity index (χ2v) is 1.51. The van der Waals surface area contributed by atoms with Crippen LogP contribution in [-0.4, -0.2) is 38.7 Å². The second-order valence-electron chi connectivity index (χ2n) is 1.51. The molecule has 0 aromatic rings. The maximum Gasteiger partial charge on any atom is 0.0700 e. The van der Waals surface area contributed by atoms with Crippen molar-refractivity contribution in [1.82, 2.24) is 5.48 Å². The van der Waals surface area contributed by atoms with Crippen molar-refractivity contribution in [3.05, 3.63) is 0 Å². The molecule has 9 heavy (non-hydrogen) atoms. The molecule has 0 heterocycles. The summed E-state index contributed by atoms with van der Waals surface area (Å²) in [5.41, 5.74) is 1.98. The van der Waals surface area contributed by atoms with Gasteiger partial charge in [0.05, 0.1) is 19.8 Å².